The van der Waals surface area contributed by atoms with Crippen LogP contribution in [-0.4, -0.2) is 19.0 Å². The number of rotatable bonds is 4. The van der Waals surface area contributed by atoms with E-state index in [1.165, 1.54) is 27.9 Å². The van der Waals surface area contributed by atoms with Gasteiger partial charge in [-0.2, -0.15) is 4.57 Å². The third-order valence-electron chi connectivity index (χ3n) is 6.08. The Bertz CT molecular complexity index is 901. The standard InChI is InChI=1S/C22H28NO2.ClHO4/c1-6-24-22(25-7-2)16(5)21-19-15(4)12-11-14(3)18(19)20(22)17-10-8-9-13-23(17)21;2-1(3,4)5/h8-13,16,20-21H,6-7H2,1-5H3;(H,2,3,4,5)/q+1;/p-1. The highest BCUT2D eigenvalue weighted by molar-refractivity contribution is 5.51. The number of hydrogen-bond donors (Lipinski definition) is 0. The molecule has 3 unspecified atom stereocenters. The summed E-state index contributed by atoms with van der Waals surface area (Å²) in [5, 5.41) is 0. The molecule has 2 aliphatic heterocycles. The molecule has 0 amide bonds. The second-order valence-corrected chi connectivity index (χ2v) is 8.45. The molecule has 164 valence electrons. The highest BCUT2D eigenvalue weighted by Gasteiger charge is 2.65. The number of benzene rings is 1. The van der Waals surface area contributed by atoms with Crippen LogP contribution in [0.2, 0.25) is 0 Å². The topological polar surface area (TPSA) is 115 Å². The fourth-order valence-electron chi connectivity index (χ4n) is 5.19. The maximum atomic E-state index is 8.49. The molecule has 3 atom stereocenters. The van der Waals surface area contributed by atoms with E-state index in [1.54, 1.807) is 0 Å². The second kappa shape index (κ2) is 8.51. The molecule has 0 spiro atoms. The van der Waals surface area contributed by atoms with Gasteiger partial charge in [-0.25, -0.2) is 18.6 Å². The van der Waals surface area contributed by atoms with Crippen LogP contribution in [0.4, 0.5) is 0 Å². The van der Waals surface area contributed by atoms with Crippen molar-refractivity contribution in [1.82, 2.24) is 0 Å². The van der Waals surface area contributed by atoms with E-state index >= 15 is 0 Å². The number of nitrogens with zero attached hydrogens (tertiary/aromatic N) is 1. The van der Waals surface area contributed by atoms with Crippen LogP contribution >= 0.6 is 0 Å². The molecular weight excluding hydrogens is 410 g/mol. The smallest absolute Gasteiger partial charge is 0.194 e. The molecule has 1 aromatic heterocycles. The summed E-state index contributed by atoms with van der Waals surface area (Å²) in [6.07, 6.45) is 2.22. The summed E-state index contributed by atoms with van der Waals surface area (Å²) in [6.45, 7) is 12.2. The minimum absolute atomic E-state index is 0.100. The van der Waals surface area contributed by atoms with Crippen molar-refractivity contribution in [2.24, 2.45) is 5.92 Å². The first-order valence-corrected chi connectivity index (χ1v) is 11.3. The predicted octanol–water partition coefficient (Wildman–Crippen LogP) is -0.711. The van der Waals surface area contributed by atoms with E-state index in [0.717, 1.165) is 0 Å². The Morgan fingerprint density at radius 1 is 0.933 bits per heavy atom. The van der Waals surface area contributed by atoms with Gasteiger partial charge in [-0.3, -0.25) is 0 Å². The number of aryl methyl sites for hydroxylation is 2. The number of pyridine rings is 1. The molecule has 0 saturated heterocycles. The first kappa shape index (κ1) is 23.1. The van der Waals surface area contributed by atoms with Crippen molar-refractivity contribution in [2.75, 3.05) is 13.2 Å². The van der Waals surface area contributed by atoms with Crippen LogP contribution in [0.1, 0.15) is 60.7 Å². The first-order valence-electron chi connectivity index (χ1n) is 10.1. The third-order valence-corrected chi connectivity index (χ3v) is 6.08. The van der Waals surface area contributed by atoms with E-state index < -0.39 is 16.0 Å². The average Bonchev–Trinajstić information content (AvgIpc) is 2.66. The van der Waals surface area contributed by atoms with Crippen molar-refractivity contribution in [3.63, 3.8) is 0 Å². The molecular formula is C22H28ClNO6. The van der Waals surface area contributed by atoms with Crippen LogP contribution in [0.5, 0.6) is 0 Å². The van der Waals surface area contributed by atoms with E-state index in [-0.39, 0.29) is 17.9 Å². The van der Waals surface area contributed by atoms with Gasteiger partial charge in [-0.1, -0.05) is 25.1 Å². The van der Waals surface area contributed by atoms with Gasteiger partial charge in [-0.05, 0) is 44.4 Å². The van der Waals surface area contributed by atoms with Crippen molar-refractivity contribution in [1.29, 1.82) is 0 Å². The Kier molecular flexibility index (Phi) is 6.55. The van der Waals surface area contributed by atoms with E-state index in [0.29, 0.717) is 13.2 Å². The maximum Gasteiger partial charge on any atom is 0.194 e. The third kappa shape index (κ3) is 3.87. The molecule has 3 heterocycles. The summed E-state index contributed by atoms with van der Waals surface area (Å²) in [5.74, 6) is -0.255. The molecule has 2 aromatic rings. The Labute approximate surface area is 179 Å². The van der Waals surface area contributed by atoms with Gasteiger partial charge in [0.25, 0.3) is 0 Å². The summed E-state index contributed by atoms with van der Waals surface area (Å²) < 4.78 is 49.3. The predicted molar refractivity (Wildman–Crippen MR) is 97.7 cm³/mol. The minimum Gasteiger partial charge on any atom is -0.348 e. The minimum atomic E-state index is -4.94. The van der Waals surface area contributed by atoms with Gasteiger partial charge < -0.3 is 9.47 Å². The molecule has 7 nitrogen and oxygen atoms in total. The van der Waals surface area contributed by atoms with Crippen molar-refractivity contribution in [2.45, 2.75) is 52.4 Å². The molecule has 1 aromatic carbocycles. The molecule has 0 N–H and O–H groups in total. The zero-order valence-corrected chi connectivity index (χ0v) is 18.6. The van der Waals surface area contributed by atoms with Crippen molar-refractivity contribution in [3.05, 3.63) is 64.5 Å². The van der Waals surface area contributed by atoms with Gasteiger partial charge >= 0.3 is 0 Å². The largest absolute Gasteiger partial charge is 0.348 e. The fourth-order valence-corrected chi connectivity index (χ4v) is 5.19. The van der Waals surface area contributed by atoms with E-state index in [4.69, 9.17) is 28.1 Å². The normalized spacial score (nSPS) is 23.3. The molecule has 30 heavy (non-hydrogen) atoms. The first-order chi connectivity index (χ1) is 14.1. The fraction of sp³-hybridized carbons (Fsp3) is 0.500. The summed E-state index contributed by atoms with van der Waals surface area (Å²) in [6, 6.07) is 11.2. The van der Waals surface area contributed by atoms with Crippen LogP contribution in [0.3, 0.4) is 0 Å². The number of fused-ring (bicyclic) bond motifs is 1. The van der Waals surface area contributed by atoms with E-state index in [9.17, 15) is 0 Å². The van der Waals surface area contributed by atoms with Gasteiger partial charge in [-0.15, -0.1) is 10.2 Å². The van der Waals surface area contributed by atoms with Crippen molar-refractivity contribution < 1.29 is 42.9 Å². The van der Waals surface area contributed by atoms with Gasteiger partial charge in [0.05, 0.1) is 5.92 Å². The van der Waals surface area contributed by atoms with Crippen molar-refractivity contribution >= 4 is 0 Å². The van der Waals surface area contributed by atoms with Crippen molar-refractivity contribution in [3.8, 4) is 0 Å². The number of aromatic nitrogens is 1. The summed E-state index contributed by atoms with van der Waals surface area (Å²) >= 11 is 0. The second-order valence-electron chi connectivity index (χ2n) is 7.69. The molecule has 2 bridgehead atoms. The monoisotopic (exact) mass is 437 g/mol. The Hall–Kier alpha value is -1.58. The average molecular weight is 438 g/mol. The molecule has 1 aliphatic carbocycles. The molecule has 3 aliphatic rings. The molecule has 5 rings (SSSR count). The number of halogens is 1. The zero-order chi connectivity index (χ0) is 22.3. The molecule has 8 heteroatoms. The lowest BCUT2D eigenvalue weighted by atomic mass is 9.63. The highest BCUT2D eigenvalue weighted by atomic mass is 35.7. The summed E-state index contributed by atoms with van der Waals surface area (Å²) in [5.41, 5.74) is 6.88. The Morgan fingerprint density at radius 2 is 1.47 bits per heavy atom. The lowest BCUT2D eigenvalue weighted by molar-refractivity contribution is -2.00. The highest BCUT2D eigenvalue weighted by Crippen LogP contribution is 2.57. The van der Waals surface area contributed by atoms with Crippen LogP contribution in [0, 0.1) is 30.0 Å². The number of ether oxygens (including phenoxy) is 2. The van der Waals surface area contributed by atoms with Crippen LogP contribution in [0.15, 0.2) is 36.5 Å². The summed E-state index contributed by atoms with van der Waals surface area (Å²) in [7, 11) is -4.94. The van der Waals surface area contributed by atoms with E-state index in [2.05, 4.69) is 75.7 Å². The summed E-state index contributed by atoms with van der Waals surface area (Å²) in [4.78, 5) is 0. The van der Waals surface area contributed by atoms with Gasteiger partial charge in [0.1, 0.15) is 5.92 Å². The van der Waals surface area contributed by atoms with Crippen LogP contribution in [-0.2, 0) is 9.47 Å². The zero-order valence-electron chi connectivity index (χ0n) is 17.9. The maximum absolute atomic E-state index is 8.49. The SMILES string of the molecule is CCOC1(OCC)C2c3c(C)ccc(C)c3C(C1C)[n+]1ccccc12.[O-][Cl+3]([O-])([O-])[O-]. The van der Waals surface area contributed by atoms with Crippen LogP contribution in [0.25, 0.3) is 0 Å². The van der Waals surface area contributed by atoms with Gasteiger partial charge in [0.2, 0.25) is 0 Å². The quantitative estimate of drug-likeness (QED) is 0.461. The lowest BCUT2D eigenvalue weighted by Crippen LogP contribution is -2.68. The lowest BCUT2D eigenvalue weighted by Gasteiger charge is -2.52. The number of hydrogen-bond acceptors (Lipinski definition) is 6. The molecule has 0 fully saturated rings. The Balaban J connectivity index is 0.000000461. The Morgan fingerprint density at radius 3 is 2.00 bits per heavy atom. The molecule has 0 saturated carbocycles. The van der Waals surface area contributed by atoms with E-state index in [1.807, 2.05) is 0 Å². The molecule has 0 radical (unpaired) electrons. The van der Waals surface area contributed by atoms with Crippen LogP contribution < -0.4 is 23.2 Å². The van der Waals surface area contributed by atoms with Gasteiger partial charge in [0.15, 0.2) is 23.7 Å². The van der Waals surface area contributed by atoms with Gasteiger partial charge in [0, 0.05) is 30.9 Å².